The molecular formula is C13H17N3O4. The van der Waals surface area contributed by atoms with E-state index in [4.69, 9.17) is 10.5 Å². The Hall–Kier alpha value is -2.15. The number of anilines is 1. The first-order chi connectivity index (χ1) is 9.33. The summed E-state index contributed by atoms with van der Waals surface area (Å²) in [6.07, 6.45) is 0.695. The first-order valence-corrected chi connectivity index (χ1v) is 6.31. The monoisotopic (exact) mass is 279 g/mol. The van der Waals surface area contributed by atoms with Gasteiger partial charge in [-0.15, -0.1) is 0 Å². The zero-order valence-corrected chi connectivity index (χ0v) is 11.4. The molecule has 2 rings (SSSR count). The molecule has 2 atom stereocenters. The Labute approximate surface area is 116 Å². The molecule has 2 unspecified atom stereocenters. The van der Waals surface area contributed by atoms with Gasteiger partial charge >= 0.3 is 0 Å². The van der Waals surface area contributed by atoms with E-state index in [1.807, 2.05) is 13.8 Å². The number of nitrogens with zero attached hydrogens (tertiary/aromatic N) is 1. The maximum atomic E-state index is 11.1. The second-order valence-corrected chi connectivity index (χ2v) is 5.16. The highest BCUT2D eigenvalue weighted by Crippen LogP contribution is 2.34. The van der Waals surface area contributed by atoms with Crippen LogP contribution in [0.3, 0.4) is 0 Å². The number of carbonyl (C=O) groups is 1. The van der Waals surface area contributed by atoms with Crippen LogP contribution in [0.4, 0.5) is 11.4 Å². The molecule has 108 valence electrons. The van der Waals surface area contributed by atoms with Crippen LogP contribution in [0.2, 0.25) is 0 Å². The number of benzene rings is 1. The van der Waals surface area contributed by atoms with Crippen molar-refractivity contribution >= 4 is 17.3 Å². The van der Waals surface area contributed by atoms with Crippen LogP contribution in [0.1, 0.15) is 30.6 Å². The van der Waals surface area contributed by atoms with Crippen molar-refractivity contribution in [1.29, 1.82) is 0 Å². The fraction of sp³-hybridized carbons (Fsp3) is 0.462. The van der Waals surface area contributed by atoms with Gasteiger partial charge in [0, 0.05) is 18.2 Å². The van der Waals surface area contributed by atoms with E-state index in [-0.39, 0.29) is 22.9 Å². The van der Waals surface area contributed by atoms with Crippen LogP contribution in [0.5, 0.6) is 0 Å². The molecule has 3 N–H and O–H groups in total. The first-order valence-electron chi connectivity index (χ1n) is 6.31. The van der Waals surface area contributed by atoms with Gasteiger partial charge in [0.05, 0.1) is 16.6 Å². The van der Waals surface area contributed by atoms with Crippen molar-refractivity contribution in [1.82, 2.24) is 0 Å². The predicted octanol–water partition coefficient (Wildman–Crippen LogP) is 1.67. The highest BCUT2D eigenvalue weighted by Gasteiger charge is 2.38. The van der Waals surface area contributed by atoms with Gasteiger partial charge in [-0.3, -0.25) is 14.9 Å². The molecule has 1 fully saturated rings. The summed E-state index contributed by atoms with van der Waals surface area (Å²) < 4.78 is 5.50. The van der Waals surface area contributed by atoms with Gasteiger partial charge in [0.25, 0.3) is 5.69 Å². The summed E-state index contributed by atoms with van der Waals surface area (Å²) >= 11 is 0. The van der Waals surface area contributed by atoms with Crippen molar-refractivity contribution < 1.29 is 14.5 Å². The molecule has 0 aliphatic carbocycles. The van der Waals surface area contributed by atoms with E-state index in [0.717, 1.165) is 6.42 Å². The quantitative estimate of drug-likeness (QED) is 0.644. The minimum absolute atomic E-state index is 0.0575. The third-order valence-corrected chi connectivity index (χ3v) is 3.79. The van der Waals surface area contributed by atoms with Crippen LogP contribution < -0.4 is 11.1 Å². The Balaban J connectivity index is 2.36. The zero-order valence-electron chi connectivity index (χ0n) is 11.4. The maximum Gasteiger partial charge on any atom is 0.293 e. The average Bonchev–Trinajstić information content (AvgIpc) is 2.69. The molecule has 1 aromatic carbocycles. The third kappa shape index (κ3) is 2.57. The van der Waals surface area contributed by atoms with Gasteiger partial charge in [0.15, 0.2) is 0 Å². The number of hydrogen-bond acceptors (Lipinski definition) is 5. The Morgan fingerprint density at radius 1 is 1.60 bits per heavy atom. The van der Waals surface area contributed by atoms with Gasteiger partial charge in [-0.25, -0.2) is 0 Å². The van der Waals surface area contributed by atoms with Crippen molar-refractivity contribution in [2.75, 3.05) is 11.9 Å². The summed E-state index contributed by atoms with van der Waals surface area (Å²) in [6, 6.07) is 4.17. The topological polar surface area (TPSA) is 107 Å². The van der Waals surface area contributed by atoms with Gasteiger partial charge in [-0.1, -0.05) is 0 Å². The largest absolute Gasteiger partial charge is 0.376 e. The summed E-state index contributed by atoms with van der Waals surface area (Å²) in [4.78, 5) is 21.7. The number of rotatable bonds is 4. The van der Waals surface area contributed by atoms with Crippen LogP contribution >= 0.6 is 0 Å². The van der Waals surface area contributed by atoms with Crippen molar-refractivity contribution in [3.8, 4) is 0 Å². The van der Waals surface area contributed by atoms with E-state index >= 15 is 0 Å². The normalized spacial score (nSPS) is 25.4. The first kappa shape index (κ1) is 14.3. The second kappa shape index (κ2) is 5.09. The summed E-state index contributed by atoms with van der Waals surface area (Å²) in [5.41, 5.74) is 5.08. The van der Waals surface area contributed by atoms with Gasteiger partial charge in [0.1, 0.15) is 5.69 Å². The highest BCUT2D eigenvalue weighted by molar-refractivity contribution is 5.94. The van der Waals surface area contributed by atoms with Crippen LogP contribution in [0, 0.1) is 10.1 Å². The van der Waals surface area contributed by atoms with E-state index in [0.29, 0.717) is 12.3 Å². The molecule has 1 aromatic rings. The summed E-state index contributed by atoms with van der Waals surface area (Å²) in [6.45, 7) is 4.48. The number of carbonyl (C=O) groups excluding carboxylic acids is 1. The molecule has 0 saturated carbocycles. The van der Waals surface area contributed by atoms with Crippen LogP contribution in [-0.4, -0.2) is 29.1 Å². The Morgan fingerprint density at radius 2 is 2.30 bits per heavy atom. The minimum atomic E-state index is -0.691. The average molecular weight is 279 g/mol. The molecule has 20 heavy (non-hydrogen) atoms. The number of nitro groups is 1. The van der Waals surface area contributed by atoms with Crippen LogP contribution in [0.15, 0.2) is 18.2 Å². The second-order valence-electron chi connectivity index (χ2n) is 5.16. The maximum absolute atomic E-state index is 11.1. The number of nitro benzene ring substituents is 1. The fourth-order valence-electron chi connectivity index (χ4n) is 2.25. The lowest BCUT2D eigenvalue weighted by Gasteiger charge is -2.29. The lowest BCUT2D eigenvalue weighted by molar-refractivity contribution is -0.384. The number of ether oxygens (including phenoxy) is 1. The van der Waals surface area contributed by atoms with Gasteiger partial charge in [0.2, 0.25) is 5.91 Å². The molecule has 0 spiro atoms. The Morgan fingerprint density at radius 3 is 2.80 bits per heavy atom. The third-order valence-electron chi connectivity index (χ3n) is 3.79. The molecule has 0 aromatic heterocycles. The Kier molecular flexibility index (Phi) is 3.63. The van der Waals surface area contributed by atoms with Crippen molar-refractivity contribution in [3.05, 3.63) is 33.9 Å². The van der Waals surface area contributed by atoms with Crippen molar-refractivity contribution in [2.24, 2.45) is 5.73 Å². The van der Waals surface area contributed by atoms with E-state index in [1.165, 1.54) is 18.2 Å². The minimum Gasteiger partial charge on any atom is -0.376 e. The Bertz CT molecular complexity index is 561. The fourth-order valence-corrected chi connectivity index (χ4v) is 2.25. The molecule has 0 radical (unpaired) electrons. The van der Waals surface area contributed by atoms with Gasteiger partial charge < -0.3 is 15.8 Å². The van der Waals surface area contributed by atoms with Crippen LogP contribution in [-0.2, 0) is 4.74 Å². The molecular weight excluding hydrogens is 262 g/mol. The molecule has 7 heteroatoms. The number of hydrogen-bond donors (Lipinski definition) is 2. The van der Waals surface area contributed by atoms with E-state index in [9.17, 15) is 14.9 Å². The summed E-state index contributed by atoms with van der Waals surface area (Å²) in [5.74, 6) is -0.691. The van der Waals surface area contributed by atoms with E-state index in [2.05, 4.69) is 5.32 Å². The molecule has 1 heterocycles. The molecule has 1 amide bonds. The molecule has 1 aliphatic heterocycles. The van der Waals surface area contributed by atoms with Gasteiger partial charge in [-0.05, 0) is 32.4 Å². The zero-order chi connectivity index (χ0) is 14.9. The summed E-state index contributed by atoms with van der Waals surface area (Å²) in [7, 11) is 0. The number of amides is 1. The SMILES string of the molecule is CC1OCCC1(C)Nc1ccc(C(N)=O)cc1[N+](=O)[O-]. The molecule has 1 aliphatic rings. The standard InChI is InChI=1S/C13H17N3O4/c1-8-13(2,5-6-20-8)15-10-4-3-9(12(14)17)7-11(10)16(18)19/h3-4,7-8,15H,5-6H2,1-2H3,(H2,14,17). The predicted molar refractivity (Wildman–Crippen MR) is 73.7 cm³/mol. The van der Waals surface area contributed by atoms with Crippen molar-refractivity contribution in [2.45, 2.75) is 31.9 Å². The van der Waals surface area contributed by atoms with E-state index in [1.54, 1.807) is 0 Å². The number of primary amides is 1. The molecule has 0 bridgehead atoms. The van der Waals surface area contributed by atoms with E-state index < -0.39 is 10.8 Å². The molecule has 7 nitrogen and oxygen atoms in total. The lowest BCUT2D eigenvalue weighted by Crippen LogP contribution is -2.41. The molecule has 1 saturated heterocycles. The number of nitrogens with one attached hydrogen (secondary N) is 1. The van der Waals surface area contributed by atoms with Gasteiger partial charge in [-0.2, -0.15) is 0 Å². The number of nitrogens with two attached hydrogens (primary N) is 1. The van der Waals surface area contributed by atoms with Crippen LogP contribution in [0.25, 0.3) is 0 Å². The van der Waals surface area contributed by atoms with Crippen molar-refractivity contribution in [3.63, 3.8) is 0 Å². The smallest absolute Gasteiger partial charge is 0.293 e. The summed E-state index contributed by atoms with van der Waals surface area (Å²) in [5, 5.41) is 14.3. The highest BCUT2D eigenvalue weighted by atomic mass is 16.6. The lowest BCUT2D eigenvalue weighted by atomic mass is 9.94.